The van der Waals surface area contributed by atoms with Gasteiger partial charge in [-0.2, -0.15) is 0 Å². The highest BCUT2D eigenvalue weighted by atomic mass is 19.2. The van der Waals surface area contributed by atoms with Gasteiger partial charge >= 0.3 is 5.97 Å². The Morgan fingerprint density at radius 3 is 2.18 bits per heavy atom. The van der Waals surface area contributed by atoms with E-state index in [4.69, 9.17) is 5.11 Å². The lowest BCUT2D eigenvalue weighted by atomic mass is 9.81. The van der Waals surface area contributed by atoms with Crippen molar-refractivity contribution in [2.75, 3.05) is 0 Å². The van der Waals surface area contributed by atoms with E-state index >= 15 is 0 Å². The van der Waals surface area contributed by atoms with Gasteiger partial charge in [0.1, 0.15) is 0 Å². The fourth-order valence-corrected chi connectivity index (χ4v) is 1.54. The Balaban J connectivity index is 3.37. The summed E-state index contributed by atoms with van der Waals surface area (Å²) in [7, 11) is 0. The predicted octanol–water partition coefficient (Wildman–Crippen LogP) is 3.00. The molecule has 0 saturated heterocycles. The van der Waals surface area contributed by atoms with Crippen LogP contribution in [0, 0.1) is 23.3 Å². The zero-order chi connectivity index (χ0) is 13.4. The van der Waals surface area contributed by atoms with E-state index < -0.39 is 46.6 Å². The first kappa shape index (κ1) is 13.5. The first-order valence-electron chi connectivity index (χ1n) is 4.72. The van der Waals surface area contributed by atoms with Crippen LogP contribution in [0.2, 0.25) is 0 Å². The molecule has 0 heterocycles. The molecule has 0 aliphatic rings. The van der Waals surface area contributed by atoms with Crippen LogP contribution in [0.3, 0.4) is 0 Å². The van der Waals surface area contributed by atoms with Crippen LogP contribution in [0.1, 0.15) is 25.8 Å². The summed E-state index contributed by atoms with van der Waals surface area (Å²) >= 11 is 0. The van der Waals surface area contributed by atoms with Crippen molar-refractivity contribution in [2.24, 2.45) is 0 Å². The summed E-state index contributed by atoms with van der Waals surface area (Å²) in [5, 5.41) is 8.61. The molecule has 0 atom stereocenters. The molecule has 0 unspecified atom stereocenters. The number of rotatable bonds is 3. The standard InChI is InChI=1S/C11H10F4O2/c1-11(2,4-7(16)17)5-3-6(12)9(14)10(15)8(5)13/h3H,4H2,1-2H3,(H,16,17). The maximum atomic E-state index is 13.4. The monoisotopic (exact) mass is 250 g/mol. The van der Waals surface area contributed by atoms with Gasteiger partial charge in [0.25, 0.3) is 0 Å². The molecule has 2 nitrogen and oxygen atoms in total. The highest BCUT2D eigenvalue weighted by Gasteiger charge is 2.31. The van der Waals surface area contributed by atoms with Crippen LogP contribution < -0.4 is 0 Å². The lowest BCUT2D eigenvalue weighted by Gasteiger charge is -2.23. The smallest absolute Gasteiger partial charge is 0.304 e. The molecule has 6 heteroatoms. The first-order chi connectivity index (χ1) is 7.66. The number of carboxylic acid groups (broad SMARTS) is 1. The molecular weight excluding hydrogens is 240 g/mol. The van der Waals surface area contributed by atoms with Gasteiger partial charge in [-0.3, -0.25) is 4.79 Å². The second-order valence-electron chi connectivity index (χ2n) is 4.30. The topological polar surface area (TPSA) is 37.3 Å². The summed E-state index contributed by atoms with van der Waals surface area (Å²) in [4.78, 5) is 10.6. The van der Waals surface area contributed by atoms with Crippen molar-refractivity contribution in [2.45, 2.75) is 25.7 Å². The molecule has 0 radical (unpaired) electrons. The van der Waals surface area contributed by atoms with Gasteiger partial charge in [-0.15, -0.1) is 0 Å². The van der Waals surface area contributed by atoms with E-state index in [0.29, 0.717) is 6.07 Å². The van der Waals surface area contributed by atoms with Gasteiger partial charge in [-0.1, -0.05) is 13.8 Å². The fourth-order valence-electron chi connectivity index (χ4n) is 1.54. The number of halogens is 4. The number of aliphatic carboxylic acids is 1. The molecule has 0 bridgehead atoms. The Morgan fingerprint density at radius 1 is 1.18 bits per heavy atom. The average molecular weight is 250 g/mol. The molecule has 0 fully saturated rings. The molecule has 1 rings (SSSR count). The zero-order valence-electron chi connectivity index (χ0n) is 9.15. The molecule has 0 aliphatic carbocycles. The van der Waals surface area contributed by atoms with Gasteiger partial charge in [0.05, 0.1) is 6.42 Å². The molecule has 0 spiro atoms. The summed E-state index contributed by atoms with van der Waals surface area (Å²) < 4.78 is 52.1. The number of hydrogen-bond donors (Lipinski definition) is 1. The Kier molecular flexibility index (Phi) is 3.45. The highest BCUT2D eigenvalue weighted by molar-refractivity contribution is 5.68. The lowest BCUT2D eigenvalue weighted by molar-refractivity contribution is -0.138. The van der Waals surface area contributed by atoms with E-state index in [-0.39, 0.29) is 0 Å². The third-order valence-electron chi connectivity index (χ3n) is 2.42. The summed E-state index contributed by atoms with van der Waals surface area (Å²) in [6.45, 7) is 2.60. The van der Waals surface area contributed by atoms with Crippen molar-refractivity contribution in [1.82, 2.24) is 0 Å². The first-order valence-corrected chi connectivity index (χ1v) is 4.72. The molecule has 0 aliphatic heterocycles. The second kappa shape index (κ2) is 4.35. The van der Waals surface area contributed by atoms with Gasteiger partial charge in [0.2, 0.25) is 0 Å². The van der Waals surface area contributed by atoms with Crippen molar-refractivity contribution in [1.29, 1.82) is 0 Å². The minimum Gasteiger partial charge on any atom is -0.481 e. The minimum atomic E-state index is -1.93. The Bertz CT molecular complexity index is 469. The van der Waals surface area contributed by atoms with Gasteiger partial charge < -0.3 is 5.11 Å². The van der Waals surface area contributed by atoms with Gasteiger partial charge in [-0.05, 0) is 6.07 Å². The van der Waals surface area contributed by atoms with Crippen LogP contribution in [-0.4, -0.2) is 11.1 Å². The Hall–Kier alpha value is -1.59. The maximum Gasteiger partial charge on any atom is 0.304 e. The number of benzene rings is 1. The molecule has 1 N–H and O–H groups in total. The number of hydrogen-bond acceptors (Lipinski definition) is 1. The van der Waals surface area contributed by atoms with E-state index in [2.05, 4.69) is 0 Å². The van der Waals surface area contributed by atoms with Crippen molar-refractivity contribution in [3.63, 3.8) is 0 Å². The number of carbonyl (C=O) groups is 1. The van der Waals surface area contributed by atoms with Crippen LogP contribution in [0.4, 0.5) is 17.6 Å². The normalized spacial score (nSPS) is 11.6. The van der Waals surface area contributed by atoms with Crippen molar-refractivity contribution >= 4 is 5.97 Å². The molecule has 1 aromatic carbocycles. The molecule has 0 aromatic heterocycles. The van der Waals surface area contributed by atoms with E-state index in [1.807, 2.05) is 0 Å². The van der Waals surface area contributed by atoms with Crippen LogP contribution in [0.25, 0.3) is 0 Å². The quantitative estimate of drug-likeness (QED) is 0.508. The average Bonchev–Trinajstić information content (AvgIpc) is 2.18. The van der Waals surface area contributed by atoms with Gasteiger partial charge in [-0.25, -0.2) is 17.6 Å². The van der Waals surface area contributed by atoms with Gasteiger partial charge in [0, 0.05) is 11.0 Å². The molecular formula is C11H10F4O2. The molecule has 1 aromatic rings. The summed E-state index contributed by atoms with van der Waals surface area (Å²) in [6.07, 6.45) is -0.533. The van der Waals surface area contributed by atoms with E-state index in [9.17, 15) is 22.4 Å². The lowest BCUT2D eigenvalue weighted by Crippen LogP contribution is -2.24. The van der Waals surface area contributed by atoms with Crippen molar-refractivity contribution < 1.29 is 27.5 Å². The Labute approximate surface area is 94.9 Å². The minimum absolute atomic E-state index is 0.483. The van der Waals surface area contributed by atoms with E-state index in [1.54, 1.807) is 0 Å². The second-order valence-corrected chi connectivity index (χ2v) is 4.30. The maximum absolute atomic E-state index is 13.4. The predicted molar refractivity (Wildman–Crippen MR) is 51.6 cm³/mol. The van der Waals surface area contributed by atoms with Crippen LogP contribution >= 0.6 is 0 Å². The third kappa shape index (κ3) is 2.57. The summed E-state index contributed by atoms with van der Waals surface area (Å²) in [6, 6.07) is 0.483. The summed E-state index contributed by atoms with van der Waals surface area (Å²) in [5.74, 6) is -8.19. The largest absolute Gasteiger partial charge is 0.481 e. The van der Waals surface area contributed by atoms with Crippen LogP contribution in [-0.2, 0) is 10.2 Å². The summed E-state index contributed by atoms with van der Waals surface area (Å²) in [5.41, 5.74) is -1.85. The van der Waals surface area contributed by atoms with Crippen molar-refractivity contribution in [3.8, 4) is 0 Å². The van der Waals surface area contributed by atoms with Gasteiger partial charge in [0.15, 0.2) is 23.3 Å². The molecule has 17 heavy (non-hydrogen) atoms. The SMILES string of the molecule is CC(C)(CC(=O)O)c1cc(F)c(F)c(F)c1F. The third-order valence-corrected chi connectivity index (χ3v) is 2.42. The number of carboxylic acids is 1. The molecule has 94 valence electrons. The van der Waals surface area contributed by atoms with E-state index in [0.717, 1.165) is 0 Å². The van der Waals surface area contributed by atoms with Crippen LogP contribution in [0.15, 0.2) is 6.07 Å². The zero-order valence-corrected chi connectivity index (χ0v) is 9.15. The molecule has 0 saturated carbocycles. The van der Waals surface area contributed by atoms with E-state index in [1.165, 1.54) is 13.8 Å². The molecule has 0 amide bonds. The van der Waals surface area contributed by atoms with Crippen LogP contribution in [0.5, 0.6) is 0 Å². The highest BCUT2D eigenvalue weighted by Crippen LogP contribution is 2.32. The fraction of sp³-hybridized carbons (Fsp3) is 0.364. The van der Waals surface area contributed by atoms with Crippen molar-refractivity contribution in [3.05, 3.63) is 34.9 Å². The Morgan fingerprint density at radius 2 is 1.71 bits per heavy atom.